The first-order chi connectivity index (χ1) is 12.8. The van der Waals surface area contributed by atoms with Gasteiger partial charge in [-0.15, -0.1) is 11.3 Å². The maximum Gasteiger partial charge on any atom is 0.241 e. The summed E-state index contributed by atoms with van der Waals surface area (Å²) < 4.78 is 13.4. The molecule has 2 unspecified atom stereocenters. The van der Waals surface area contributed by atoms with Crippen molar-refractivity contribution in [3.05, 3.63) is 70.2 Å². The van der Waals surface area contributed by atoms with Crippen LogP contribution in [0, 0.1) is 0 Å². The molecule has 1 heterocycles. The molecule has 27 heavy (non-hydrogen) atoms. The highest BCUT2D eigenvalue weighted by Gasteiger charge is 2.36. The zero-order valence-electron chi connectivity index (χ0n) is 14.4. The summed E-state index contributed by atoms with van der Waals surface area (Å²) in [7, 11) is 2.09. The van der Waals surface area contributed by atoms with Gasteiger partial charge in [0.2, 0.25) is 13.3 Å². The van der Waals surface area contributed by atoms with Crippen LogP contribution in [0.15, 0.2) is 54.0 Å². The van der Waals surface area contributed by atoms with E-state index in [0.717, 1.165) is 10.3 Å². The molecule has 3 rings (SSSR count). The number of benzene rings is 2. The molecule has 1 amide bonds. The van der Waals surface area contributed by atoms with Gasteiger partial charge in [-0.3, -0.25) is 9.36 Å². The van der Waals surface area contributed by atoms with Crippen LogP contribution in [0.2, 0.25) is 5.02 Å². The molecule has 0 aliphatic heterocycles. The number of hydrogen-bond acceptors (Lipinski definition) is 3. The Hall–Kier alpha value is -1.85. The Bertz CT molecular complexity index is 1080. The molecule has 136 valence electrons. The molecule has 0 aliphatic carbocycles. The third-order valence-electron chi connectivity index (χ3n) is 4.07. The van der Waals surface area contributed by atoms with E-state index in [2.05, 4.69) is 5.32 Å². The molecule has 2 atom stereocenters. The van der Waals surface area contributed by atoms with Crippen molar-refractivity contribution in [3.8, 4) is 0 Å². The van der Waals surface area contributed by atoms with Crippen LogP contribution in [0.4, 0.5) is 0 Å². The fourth-order valence-electron chi connectivity index (χ4n) is 2.80. The number of hydrogen-bond donors (Lipinski definition) is 2. The summed E-state index contributed by atoms with van der Waals surface area (Å²) in [4.78, 5) is 23.0. The Morgan fingerprint density at radius 3 is 2.78 bits per heavy atom. The molecule has 8 heteroatoms. The van der Waals surface area contributed by atoms with E-state index in [9.17, 15) is 14.3 Å². The first-order valence-electron chi connectivity index (χ1n) is 8.05. The molecular weight excluding hydrogens is 400 g/mol. The minimum Gasteiger partial charge on any atom is -0.344 e. The van der Waals surface area contributed by atoms with Crippen molar-refractivity contribution >= 4 is 65.7 Å². The number of halogens is 1. The van der Waals surface area contributed by atoms with Crippen molar-refractivity contribution in [2.24, 2.45) is 0 Å². The average Bonchev–Trinajstić information content (AvgIpc) is 2.98. The van der Waals surface area contributed by atoms with Crippen molar-refractivity contribution in [2.45, 2.75) is 5.66 Å². The molecule has 0 bridgehead atoms. The standard InChI is InChI=1S/C19H16BClNO3PS/c1-26(24,25)18(15-11-27-17-7-6-13(21)10-14(15)17)19(23)22-9-8-12-4-2-3-5-16(12)20/h2-11,18H,1H3,(H,22,23)(H,24,25)/b9-8+. The Morgan fingerprint density at radius 2 is 2.07 bits per heavy atom. The molecular formula is C19H16BClNO3PS. The zero-order chi connectivity index (χ0) is 19.6. The van der Waals surface area contributed by atoms with Gasteiger partial charge in [0.15, 0.2) is 0 Å². The van der Waals surface area contributed by atoms with E-state index >= 15 is 0 Å². The van der Waals surface area contributed by atoms with Crippen LogP contribution in [-0.2, 0) is 9.36 Å². The molecule has 2 radical (unpaired) electrons. The highest BCUT2D eigenvalue weighted by atomic mass is 35.5. The molecule has 2 N–H and O–H groups in total. The molecule has 2 aromatic carbocycles. The highest BCUT2D eigenvalue weighted by Crippen LogP contribution is 2.54. The number of carbonyl (C=O) groups is 1. The number of thiophene rings is 1. The van der Waals surface area contributed by atoms with Gasteiger partial charge in [-0.05, 0) is 46.2 Å². The van der Waals surface area contributed by atoms with Crippen LogP contribution in [0.5, 0.6) is 0 Å². The lowest BCUT2D eigenvalue weighted by molar-refractivity contribution is -0.120. The van der Waals surface area contributed by atoms with Crippen molar-refractivity contribution in [3.63, 3.8) is 0 Å². The van der Waals surface area contributed by atoms with E-state index in [1.165, 1.54) is 24.2 Å². The number of carbonyl (C=O) groups excluding carboxylic acids is 1. The zero-order valence-corrected chi connectivity index (χ0v) is 16.9. The molecule has 0 spiro atoms. The summed E-state index contributed by atoms with van der Waals surface area (Å²) in [5.74, 6) is -0.561. The predicted molar refractivity (Wildman–Crippen MR) is 114 cm³/mol. The van der Waals surface area contributed by atoms with Crippen molar-refractivity contribution in [2.75, 3.05) is 6.66 Å². The van der Waals surface area contributed by atoms with Crippen LogP contribution >= 0.6 is 30.3 Å². The molecule has 4 nitrogen and oxygen atoms in total. The van der Waals surface area contributed by atoms with E-state index in [1.54, 1.807) is 35.7 Å². The summed E-state index contributed by atoms with van der Waals surface area (Å²) in [6.07, 6.45) is 3.07. The second kappa shape index (κ2) is 8.03. The Kier molecular flexibility index (Phi) is 5.92. The number of nitrogens with one attached hydrogen (secondary N) is 1. The summed E-state index contributed by atoms with van der Waals surface area (Å²) >= 11 is 7.46. The van der Waals surface area contributed by atoms with Gasteiger partial charge in [-0.1, -0.05) is 41.3 Å². The topological polar surface area (TPSA) is 66.4 Å². The lowest BCUT2D eigenvalue weighted by atomic mass is 9.91. The second-order valence-electron chi connectivity index (χ2n) is 6.15. The number of amides is 1. The second-order valence-corrected chi connectivity index (χ2v) is 9.90. The first-order valence-corrected chi connectivity index (χ1v) is 11.5. The largest absolute Gasteiger partial charge is 0.344 e. The molecule has 0 saturated heterocycles. The third-order valence-corrected chi connectivity index (χ3v) is 6.76. The van der Waals surface area contributed by atoms with Crippen LogP contribution in [0.1, 0.15) is 16.8 Å². The quantitative estimate of drug-likeness (QED) is 0.487. The maximum absolute atomic E-state index is 12.7. The SMILES string of the molecule is [B]c1ccccc1/C=C/NC(=O)C(c1csc2ccc(Cl)cc12)P(C)(=O)O. The number of rotatable bonds is 5. The molecule has 0 aliphatic rings. The van der Waals surface area contributed by atoms with Crippen LogP contribution < -0.4 is 10.8 Å². The lowest BCUT2D eigenvalue weighted by Gasteiger charge is -2.18. The Labute approximate surface area is 167 Å². The van der Waals surface area contributed by atoms with Gasteiger partial charge in [0.05, 0.1) is 0 Å². The van der Waals surface area contributed by atoms with Crippen molar-refractivity contribution < 1.29 is 14.3 Å². The van der Waals surface area contributed by atoms with Gasteiger partial charge in [0, 0.05) is 22.6 Å². The van der Waals surface area contributed by atoms with E-state index < -0.39 is 18.9 Å². The average molecular weight is 416 g/mol. The smallest absolute Gasteiger partial charge is 0.241 e. The summed E-state index contributed by atoms with van der Waals surface area (Å²) in [6, 6.07) is 12.5. The van der Waals surface area contributed by atoms with Gasteiger partial charge in [0.1, 0.15) is 13.5 Å². The summed E-state index contributed by atoms with van der Waals surface area (Å²) in [6.45, 7) is 1.18. The predicted octanol–water partition coefficient (Wildman–Crippen LogP) is 4.08. The first kappa shape index (κ1) is 19.9. The lowest BCUT2D eigenvalue weighted by Crippen LogP contribution is -2.25. The summed E-state index contributed by atoms with van der Waals surface area (Å²) in [5.41, 5.74) is 0.616. The molecule has 1 aromatic heterocycles. The molecule has 0 fully saturated rings. The van der Waals surface area contributed by atoms with Gasteiger partial charge >= 0.3 is 0 Å². The minimum atomic E-state index is -3.77. The maximum atomic E-state index is 12.7. The Balaban J connectivity index is 1.91. The monoisotopic (exact) mass is 415 g/mol. The summed E-state index contributed by atoms with van der Waals surface area (Å²) in [5, 5.41) is 5.54. The number of fused-ring (bicyclic) bond motifs is 1. The normalized spacial score (nSPS) is 14.9. The van der Waals surface area contributed by atoms with Gasteiger partial charge in [-0.25, -0.2) is 0 Å². The minimum absolute atomic E-state index is 0.496. The van der Waals surface area contributed by atoms with Crippen LogP contribution in [0.25, 0.3) is 16.2 Å². The van der Waals surface area contributed by atoms with E-state index in [0.29, 0.717) is 21.4 Å². The van der Waals surface area contributed by atoms with Crippen molar-refractivity contribution in [1.82, 2.24) is 5.32 Å². The fourth-order valence-corrected chi connectivity index (χ4v) is 5.28. The van der Waals surface area contributed by atoms with Gasteiger partial charge < -0.3 is 10.2 Å². The van der Waals surface area contributed by atoms with Crippen molar-refractivity contribution in [1.29, 1.82) is 0 Å². The van der Waals surface area contributed by atoms with E-state index in [-0.39, 0.29) is 0 Å². The third kappa shape index (κ3) is 4.53. The van der Waals surface area contributed by atoms with Gasteiger partial charge in [0.25, 0.3) is 0 Å². The molecule has 3 aromatic rings. The van der Waals surface area contributed by atoms with Gasteiger partial charge in [-0.2, -0.15) is 0 Å². The van der Waals surface area contributed by atoms with Crippen LogP contribution in [-0.4, -0.2) is 25.3 Å². The van der Waals surface area contributed by atoms with Crippen LogP contribution in [0.3, 0.4) is 0 Å². The van der Waals surface area contributed by atoms with E-state index in [4.69, 9.17) is 19.4 Å². The highest BCUT2D eigenvalue weighted by molar-refractivity contribution is 7.58. The van der Waals surface area contributed by atoms with E-state index in [1.807, 2.05) is 18.2 Å². The molecule has 0 saturated carbocycles. The fraction of sp³-hybridized carbons (Fsp3) is 0.105. The Morgan fingerprint density at radius 1 is 1.33 bits per heavy atom.